The van der Waals surface area contributed by atoms with Crippen LogP contribution in [-0.2, 0) is 11.2 Å². The largest absolute Gasteiger partial charge is 0.480 e. The number of carboxylic acids is 1. The molecule has 0 spiro atoms. The summed E-state index contributed by atoms with van der Waals surface area (Å²) < 4.78 is 0. The molecule has 18 heavy (non-hydrogen) atoms. The molecule has 0 radical (unpaired) electrons. The molecule has 0 aliphatic heterocycles. The maximum Gasteiger partial charge on any atom is 0.325 e. The van der Waals surface area contributed by atoms with Crippen molar-refractivity contribution < 1.29 is 14.7 Å². The van der Waals surface area contributed by atoms with Crippen molar-refractivity contribution in [2.75, 3.05) is 5.32 Å². The first-order chi connectivity index (χ1) is 8.43. The molecule has 1 atom stereocenters. The Bertz CT molecular complexity index is 458. The van der Waals surface area contributed by atoms with Crippen LogP contribution in [-0.4, -0.2) is 23.1 Å². The summed E-state index contributed by atoms with van der Waals surface area (Å²) in [4.78, 5) is 22.1. The molecule has 5 nitrogen and oxygen atoms in total. The molecule has 1 aromatic rings. The second-order valence-corrected chi connectivity index (χ2v) is 4.15. The van der Waals surface area contributed by atoms with Crippen molar-refractivity contribution >= 4 is 17.7 Å². The summed E-state index contributed by atoms with van der Waals surface area (Å²) in [6.45, 7) is 5.46. The number of anilines is 1. The Hall–Kier alpha value is -2.04. The summed E-state index contributed by atoms with van der Waals surface area (Å²) in [7, 11) is 0. The number of nitrogens with one attached hydrogen (secondary N) is 2. The van der Waals surface area contributed by atoms with Crippen molar-refractivity contribution in [2.45, 2.75) is 33.2 Å². The average molecular weight is 250 g/mol. The Morgan fingerprint density at radius 2 is 2.06 bits per heavy atom. The van der Waals surface area contributed by atoms with Gasteiger partial charge < -0.3 is 15.7 Å². The Balaban J connectivity index is 2.67. The quantitative estimate of drug-likeness (QED) is 0.766. The number of carbonyl (C=O) groups is 2. The zero-order valence-corrected chi connectivity index (χ0v) is 10.8. The van der Waals surface area contributed by atoms with Crippen LogP contribution in [0.3, 0.4) is 0 Å². The van der Waals surface area contributed by atoms with E-state index < -0.39 is 18.0 Å². The van der Waals surface area contributed by atoms with E-state index in [2.05, 4.69) is 10.6 Å². The van der Waals surface area contributed by atoms with Gasteiger partial charge in [0.2, 0.25) is 0 Å². The SMILES string of the molecule is CCc1cc(NC(=O)N[C@H](C)C(=O)O)ccc1C. The predicted octanol–water partition coefficient (Wildman–Crippen LogP) is 2.15. The summed E-state index contributed by atoms with van der Waals surface area (Å²) in [5.74, 6) is -1.07. The van der Waals surface area contributed by atoms with Gasteiger partial charge in [0.05, 0.1) is 0 Å². The summed E-state index contributed by atoms with van der Waals surface area (Å²) in [6, 6.07) is 4.17. The number of aliphatic carboxylic acids is 1. The Kier molecular flexibility index (Phi) is 4.71. The Morgan fingerprint density at radius 1 is 1.39 bits per heavy atom. The first-order valence-corrected chi connectivity index (χ1v) is 5.84. The summed E-state index contributed by atoms with van der Waals surface area (Å²) in [5, 5.41) is 13.6. The number of urea groups is 1. The fourth-order valence-corrected chi connectivity index (χ4v) is 1.56. The van der Waals surface area contributed by atoms with E-state index in [-0.39, 0.29) is 0 Å². The highest BCUT2D eigenvalue weighted by atomic mass is 16.4. The van der Waals surface area contributed by atoms with E-state index in [4.69, 9.17) is 5.11 Å². The lowest BCUT2D eigenvalue weighted by Gasteiger charge is -2.12. The third-order valence-corrected chi connectivity index (χ3v) is 2.71. The smallest absolute Gasteiger partial charge is 0.325 e. The highest BCUT2D eigenvalue weighted by Crippen LogP contribution is 2.15. The van der Waals surface area contributed by atoms with Gasteiger partial charge in [-0.05, 0) is 43.5 Å². The molecule has 0 saturated carbocycles. The maximum atomic E-state index is 11.5. The molecule has 1 rings (SSSR count). The zero-order valence-electron chi connectivity index (χ0n) is 10.8. The van der Waals surface area contributed by atoms with Gasteiger partial charge in [0.25, 0.3) is 0 Å². The van der Waals surface area contributed by atoms with Crippen LogP contribution < -0.4 is 10.6 Å². The van der Waals surface area contributed by atoms with Crippen LogP contribution in [0, 0.1) is 6.92 Å². The van der Waals surface area contributed by atoms with Crippen molar-refractivity contribution in [1.82, 2.24) is 5.32 Å². The van der Waals surface area contributed by atoms with Crippen molar-refractivity contribution in [1.29, 1.82) is 0 Å². The molecule has 1 aromatic carbocycles. The van der Waals surface area contributed by atoms with Crippen molar-refractivity contribution in [3.8, 4) is 0 Å². The van der Waals surface area contributed by atoms with Crippen LogP contribution in [0.25, 0.3) is 0 Å². The van der Waals surface area contributed by atoms with Crippen LogP contribution >= 0.6 is 0 Å². The van der Waals surface area contributed by atoms with Crippen molar-refractivity contribution in [3.63, 3.8) is 0 Å². The van der Waals surface area contributed by atoms with Gasteiger partial charge in [0, 0.05) is 5.69 Å². The molecular weight excluding hydrogens is 232 g/mol. The Labute approximate surface area is 106 Å². The first kappa shape index (κ1) is 14.0. The minimum absolute atomic E-state index is 0.518. The van der Waals surface area contributed by atoms with Gasteiger partial charge in [0.15, 0.2) is 0 Å². The van der Waals surface area contributed by atoms with Gasteiger partial charge in [-0.1, -0.05) is 13.0 Å². The monoisotopic (exact) mass is 250 g/mol. The van der Waals surface area contributed by atoms with E-state index >= 15 is 0 Å². The van der Waals surface area contributed by atoms with Crippen LogP contribution in [0.5, 0.6) is 0 Å². The third-order valence-electron chi connectivity index (χ3n) is 2.71. The molecule has 2 amide bonds. The van der Waals surface area contributed by atoms with Crippen molar-refractivity contribution in [3.05, 3.63) is 29.3 Å². The molecule has 3 N–H and O–H groups in total. The highest BCUT2D eigenvalue weighted by molar-refractivity contribution is 5.92. The van der Waals surface area contributed by atoms with Crippen LogP contribution in [0.2, 0.25) is 0 Å². The number of carbonyl (C=O) groups excluding carboxylic acids is 1. The zero-order chi connectivity index (χ0) is 13.7. The van der Waals surface area contributed by atoms with E-state index in [1.165, 1.54) is 12.5 Å². The Morgan fingerprint density at radius 3 is 2.61 bits per heavy atom. The molecule has 0 aromatic heterocycles. The van der Waals surface area contributed by atoms with Crippen LogP contribution in [0.4, 0.5) is 10.5 Å². The number of carboxylic acid groups (broad SMARTS) is 1. The predicted molar refractivity (Wildman–Crippen MR) is 69.8 cm³/mol. The lowest BCUT2D eigenvalue weighted by Crippen LogP contribution is -2.40. The molecule has 0 aliphatic rings. The summed E-state index contributed by atoms with van der Waals surface area (Å²) >= 11 is 0. The molecule has 0 unspecified atom stereocenters. The fourth-order valence-electron chi connectivity index (χ4n) is 1.56. The normalized spacial score (nSPS) is 11.7. The summed E-state index contributed by atoms with van der Waals surface area (Å²) in [6.07, 6.45) is 0.883. The van der Waals surface area contributed by atoms with E-state index in [1.807, 2.05) is 26.0 Å². The number of aryl methyl sites for hydroxylation is 2. The number of hydrogen-bond acceptors (Lipinski definition) is 2. The van der Waals surface area contributed by atoms with Crippen LogP contribution in [0.15, 0.2) is 18.2 Å². The van der Waals surface area contributed by atoms with Gasteiger partial charge in [-0.3, -0.25) is 4.79 Å². The molecule has 0 heterocycles. The number of hydrogen-bond donors (Lipinski definition) is 3. The van der Waals surface area contributed by atoms with Gasteiger partial charge in [0.1, 0.15) is 6.04 Å². The van der Waals surface area contributed by atoms with E-state index in [1.54, 1.807) is 6.07 Å². The average Bonchev–Trinajstić information content (AvgIpc) is 2.31. The third kappa shape index (κ3) is 3.76. The molecule has 0 aliphatic carbocycles. The van der Waals surface area contributed by atoms with Gasteiger partial charge in [-0.2, -0.15) is 0 Å². The second kappa shape index (κ2) is 6.05. The van der Waals surface area contributed by atoms with E-state index in [0.29, 0.717) is 5.69 Å². The minimum Gasteiger partial charge on any atom is -0.480 e. The lowest BCUT2D eigenvalue weighted by molar-refractivity contribution is -0.138. The molecular formula is C13H18N2O3. The molecule has 0 bridgehead atoms. The van der Waals surface area contributed by atoms with Gasteiger partial charge in [-0.15, -0.1) is 0 Å². The number of rotatable bonds is 4. The van der Waals surface area contributed by atoms with E-state index in [9.17, 15) is 9.59 Å². The standard InChI is InChI=1S/C13H18N2O3/c1-4-10-7-11(6-5-8(10)2)15-13(18)14-9(3)12(16)17/h5-7,9H,4H2,1-3H3,(H,16,17)(H2,14,15,18)/t9-/m1/s1. The number of amides is 2. The summed E-state index contributed by atoms with van der Waals surface area (Å²) in [5.41, 5.74) is 2.98. The fraction of sp³-hybridized carbons (Fsp3) is 0.385. The van der Waals surface area contributed by atoms with Crippen LogP contribution in [0.1, 0.15) is 25.0 Å². The molecule has 0 fully saturated rings. The minimum atomic E-state index is -1.07. The first-order valence-electron chi connectivity index (χ1n) is 5.84. The topological polar surface area (TPSA) is 78.4 Å². The lowest BCUT2D eigenvalue weighted by atomic mass is 10.1. The van der Waals surface area contributed by atoms with Gasteiger partial charge >= 0.3 is 12.0 Å². The van der Waals surface area contributed by atoms with Gasteiger partial charge in [-0.25, -0.2) is 4.79 Å². The highest BCUT2D eigenvalue weighted by Gasteiger charge is 2.13. The second-order valence-electron chi connectivity index (χ2n) is 4.15. The van der Waals surface area contributed by atoms with E-state index in [0.717, 1.165) is 12.0 Å². The number of benzene rings is 1. The van der Waals surface area contributed by atoms with Crippen molar-refractivity contribution in [2.24, 2.45) is 0 Å². The molecule has 5 heteroatoms. The molecule has 0 saturated heterocycles. The molecule has 98 valence electrons. The maximum absolute atomic E-state index is 11.5.